The first-order valence-electron chi connectivity index (χ1n) is 9.39. The number of hydrogen-bond acceptors (Lipinski definition) is 6. The SMILES string of the molecule is CS(=O)(=O)NN1C(=O)S/C(=C(/Cc2ccc(Br)cc2C(F)(F)F)c2ccc3[nH]ncc3c2)C1=O. The average Bonchev–Trinajstić information content (AvgIpc) is 3.30. The molecule has 0 bridgehead atoms. The third-order valence-corrected chi connectivity index (χ3v) is 6.82. The Morgan fingerprint density at radius 2 is 1.94 bits per heavy atom. The number of carbonyl (C=O) groups excluding carboxylic acids is 2. The van der Waals surface area contributed by atoms with Gasteiger partial charge in [-0.3, -0.25) is 14.7 Å². The molecule has 14 heteroatoms. The topological polar surface area (TPSA) is 112 Å². The van der Waals surface area contributed by atoms with Gasteiger partial charge in [-0.2, -0.15) is 23.3 Å². The molecular formula is C20H14BrF3N4O4S2. The first-order chi connectivity index (χ1) is 15.8. The molecule has 3 aromatic rings. The van der Waals surface area contributed by atoms with Crippen LogP contribution in [0, 0.1) is 0 Å². The molecule has 0 atom stereocenters. The van der Waals surface area contributed by atoms with E-state index in [4.69, 9.17) is 0 Å². The van der Waals surface area contributed by atoms with E-state index in [1.165, 1.54) is 18.3 Å². The molecule has 1 aromatic heterocycles. The van der Waals surface area contributed by atoms with Crippen LogP contribution in [0.1, 0.15) is 16.7 Å². The van der Waals surface area contributed by atoms with E-state index in [0.29, 0.717) is 33.2 Å². The smallest absolute Gasteiger partial charge is 0.278 e. The molecular weight excluding hydrogens is 561 g/mol. The second-order valence-electron chi connectivity index (χ2n) is 7.33. The van der Waals surface area contributed by atoms with Gasteiger partial charge in [-0.25, -0.2) is 8.42 Å². The third-order valence-electron chi connectivity index (χ3n) is 4.83. The maximum Gasteiger partial charge on any atom is 0.416 e. The number of imide groups is 1. The van der Waals surface area contributed by atoms with Crippen LogP contribution in [0.2, 0.25) is 0 Å². The van der Waals surface area contributed by atoms with E-state index in [2.05, 4.69) is 26.1 Å². The number of benzene rings is 2. The van der Waals surface area contributed by atoms with E-state index in [1.54, 1.807) is 18.2 Å². The van der Waals surface area contributed by atoms with E-state index in [0.717, 1.165) is 12.3 Å². The first-order valence-corrected chi connectivity index (χ1v) is 12.9. The Bertz CT molecular complexity index is 1470. The second kappa shape index (κ2) is 8.83. The quantitative estimate of drug-likeness (QED) is 0.435. The van der Waals surface area contributed by atoms with Crippen molar-refractivity contribution in [2.24, 2.45) is 0 Å². The summed E-state index contributed by atoms with van der Waals surface area (Å²) in [5.74, 6) is -0.978. The highest BCUT2D eigenvalue weighted by molar-refractivity contribution is 9.10. The molecule has 1 saturated heterocycles. The minimum absolute atomic E-state index is 0.124. The zero-order valence-corrected chi connectivity index (χ0v) is 20.3. The molecule has 2 heterocycles. The molecule has 0 spiro atoms. The van der Waals surface area contributed by atoms with Crippen LogP contribution in [0.15, 0.2) is 52.0 Å². The molecule has 0 unspecified atom stereocenters. The number of thioether (sulfide) groups is 1. The maximum absolute atomic E-state index is 13.8. The zero-order chi connectivity index (χ0) is 24.8. The summed E-state index contributed by atoms with van der Waals surface area (Å²) in [7, 11) is -3.97. The number of allylic oxidation sites excluding steroid dienone is 1. The van der Waals surface area contributed by atoms with Gasteiger partial charge in [0.25, 0.3) is 5.91 Å². The number of carbonyl (C=O) groups is 2. The van der Waals surface area contributed by atoms with E-state index in [1.807, 2.05) is 4.83 Å². The summed E-state index contributed by atoms with van der Waals surface area (Å²) < 4.78 is 64.7. The average molecular weight is 575 g/mol. The lowest BCUT2D eigenvalue weighted by atomic mass is 9.93. The van der Waals surface area contributed by atoms with Gasteiger partial charge >= 0.3 is 11.4 Å². The largest absolute Gasteiger partial charge is 0.416 e. The summed E-state index contributed by atoms with van der Waals surface area (Å²) in [5, 5.41) is 6.72. The molecule has 0 radical (unpaired) electrons. The van der Waals surface area contributed by atoms with Gasteiger partial charge in [0.05, 0.1) is 28.4 Å². The maximum atomic E-state index is 13.8. The molecule has 2 N–H and O–H groups in total. The van der Waals surface area contributed by atoms with Gasteiger partial charge in [-0.05, 0) is 59.1 Å². The number of nitrogens with one attached hydrogen (secondary N) is 2. The Morgan fingerprint density at radius 3 is 2.62 bits per heavy atom. The van der Waals surface area contributed by atoms with Crippen molar-refractivity contribution in [1.29, 1.82) is 0 Å². The Morgan fingerprint density at radius 1 is 1.21 bits per heavy atom. The number of alkyl halides is 3. The summed E-state index contributed by atoms with van der Waals surface area (Å²) >= 11 is 3.49. The molecule has 0 aliphatic carbocycles. The van der Waals surface area contributed by atoms with Crippen molar-refractivity contribution in [3.05, 3.63) is 68.7 Å². The highest BCUT2D eigenvalue weighted by atomic mass is 79.9. The molecule has 0 saturated carbocycles. The summed E-state index contributed by atoms with van der Waals surface area (Å²) in [6.45, 7) is 0. The van der Waals surface area contributed by atoms with Crippen LogP contribution in [0.5, 0.6) is 0 Å². The highest BCUT2D eigenvalue weighted by Crippen LogP contribution is 2.41. The molecule has 1 aliphatic heterocycles. The standard InChI is InChI=1S/C20H14BrF3N4O4S2/c1-34(31,32)27-28-18(29)17(33-19(28)30)14(10-3-5-16-12(6-10)9-25-26-16)7-11-2-4-13(21)8-15(11)20(22,23)24/h2-6,8-9,27H,7H2,1H3,(H,25,26)/b17-14-. The van der Waals surface area contributed by atoms with Crippen LogP contribution >= 0.6 is 27.7 Å². The second-order valence-corrected chi connectivity index (χ2v) is 10.9. The van der Waals surface area contributed by atoms with Crippen LogP contribution in [0.4, 0.5) is 18.0 Å². The van der Waals surface area contributed by atoms with Gasteiger partial charge < -0.3 is 0 Å². The zero-order valence-electron chi connectivity index (χ0n) is 17.1. The van der Waals surface area contributed by atoms with Crippen LogP contribution in [-0.2, 0) is 27.4 Å². The predicted molar refractivity (Wildman–Crippen MR) is 124 cm³/mol. The summed E-state index contributed by atoms with van der Waals surface area (Å²) in [4.78, 5) is 27.1. The molecule has 8 nitrogen and oxygen atoms in total. The van der Waals surface area contributed by atoms with Crippen molar-refractivity contribution in [2.45, 2.75) is 12.6 Å². The number of hydrazine groups is 1. The number of aromatic amines is 1. The molecule has 1 fully saturated rings. The van der Waals surface area contributed by atoms with Crippen LogP contribution in [-0.4, -0.2) is 41.0 Å². The van der Waals surface area contributed by atoms with Crippen LogP contribution in [0.3, 0.4) is 0 Å². The predicted octanol–water partition coefficient (Wildman–Crippen LogP) is 4.46. The number of nitrogens with zero attached hydrogens (tertiary/aromatic N) is 2. The van der Waals surface area contributed by atoms with Crippen molar-refractivity contribution in [3.63, 3.8) is 0 Å². The summed E-state index contributed by atoms with van der Waals surface area (Å²) in [5.41, 5.74) is 0.152. The number of amides is 2. The summed E-state index contributed by atoms with van der Waals surface area (Å²) in [6.07, 6.45) is -2.74. The number of H-pyrrole nitrogens is 1. The number of halogens is 4. The fourth-order valence-electron chi connectivity index (χ4n) is 3.40. The molecule has 1 aliphatic rings. The minimum Gasteiger partial charge on any atom is -0.278 e. The third kappa shape index (κ3) is 5.04. The highest BCUT2D eigenvalue weighted by Gasteiger charge is 2.40. The molecule has 4 rings (SSSR count). The van der Waals surface area contributed by atoms with Crippen LogP contribution in [0.25, 0.3) is 16.5 Å². The fraction of sp³-hybridized carbons (Fsp3) is 0.150. The number of hydrogen-bond donors (Lipinski definition) is 2. The Balaban J connectivity index is 1.89. The van der Waals surface area contributed by atoms with E-state index in [9.17, 15) is 31.2 Å². The van der Waals surface area contributed by atoms with E-state index in [-0.39, 0.29) is 26.9 Å². The number of fused-ring (bicyclic) bond motifs is 1. The lowest BCUT2D eigenvalue weighted by molar-refractivity contribution is -0.138. The number of aromatic nitrogens is 2. The Hall–Kier alpha value is -2.68. The van der Waals surface area contributed by atoms with Gasteiger partial charge in [-0.15, -0.1) is 4.83 Å². The Labute approximate surface area is 203 Å². The Kier molecular flexibility index (Phi) is 6.35. The lowest BCUT2D eigenvalue weighted by Gasteiger charge is -2.17. The normalized spacial score (nSPS) is 16.6. The van der Waals surface area contributed by atoms with Crippen molar-refractivity contribution in [1.82, 2.24) is 20.0 Å². The van der Waals surface area contributed by atoms with Gasteiger partial charge in [-0.1, -0.05) is 28.1 Å². The van der Waals surface area contributed by atoms with Gasteiger partial charge in [0.15, 0.2) is 0 Å². The number of rotatable bonds is 5. The monoisotopic (exact) mass is 574 g/mol. The lowest BCUT2D eigenvalue weighted by Crippen LogP contribution is -2.44. The van der Waals surface area contributed by atoms with E-state index < -0.39 is 32.9 Å². The number of sulfonamides is 1. The van der Waals surface area contributed by atoms with Crippen molar-refractivity contribution >= 4 is 65.3 Å². The minimum atomic E-state index is -4.67. The van der Waals surface area contributed by atoms with Crippen molar-refractivity contribution in [2.75, 3.05) is 6.26 Å². The fourth-order valence-corrected chi connectivity index (χ4v) is 5.20. The van der Waals surface area contributed by atoms with Crippen molar-refractivity contribution < 1.29 is 31.2 Å². The van der Waals surface area contributed by atoms with Gasteiger partial charge in [0, 0.05) is 9.86 Å². The van der Waals surface area contributed by atoms with Gasteiger partial charge in [0.1, 0.15) is 0 Å². The molecule has 178 valence electrons. The molecule has 34 heavy (non-hydrogen) atoms. The van der Waals surface area contributed by atoms with E-state index >= 15 is 0 Å². The molecule has 2 amide bonds. The van der Waals surface area contributed by atoms with Gasteiger partial charge in [0.2, 0.25) is 10.0 Å². The first kappa shape index (κ1) is 24.4. The van der Waals surface area contributed by atoms with Crippen molar-refractivity contribution in [3.8, 4) is 0 Å². The van der Waals surface area contributed by atoms with Crippen LogP contribution < -0.4 is 4.83 Å². The summed E-state index contributed by atoms with van der Waals surface area (Å²) in [6, 6.07) is 8.50. The molecule has 2 aromatic carbocycles.